The molecular formula is C10H10N2O4. The molecule has 1 aliphatic rings. The molecule has 1 aromatic carbocycles. The predicted octanol–water partition coefficient (Wildman–Crippen LogP) is 0.924. The van der Waals surface area contributed by atoms with Gasteiger partial charge < -0.3 is 15.6 Å². The molecule has 1 amide bonds. The third kappa shape index (κ3) is 1.65. The molecule has 1 fully saturated rings. The van der Waals surface area contributed by atoms with E-state index < -0.39 is 12.1 Å². The van der Waals surface area contributed by atoms with Crippen molar-refractivity contribution in [1.82, 2.24) is 0 Å². The van der Waals surface area contributed by atoms with Crippen LogP contribution < -0.4 is 10.6 Å². The van der Waals surface area contributed by atoms with Crippen molar-refractivity contribution >= 4 is 23.4 Å². The summed E-state index contributed by atoms with van der Waals surface area (Å²) >= 11 is 0. The summed E-state index contributed by atoms with van der Waals surface area (Å²) in [6, 6.07) is 4.23. The fourth-order valence-electron chi connectivity index (χ4n) is 1.55. The first kappa shape index (κ1) is 10.3. The molecule has 0 saturated carbocycles. The van der Waals surface area contributed by atoms with Crippen LogP contribution in [0.15, 0.2) is 18.2 Å². The first-order valence-corrected chi connectivity index (χ1v) is 4.66. The Bertz CT molecular complexity index is 458. The molecule has 0 atom stereocenters. The van der Waals surface area contributed by atoms with E-state index in [9.17, 15) is 9.59 Å². The van der Waals surface area contributed by atoms with Gasteiger partial charge in [-0.15, -0.1) is 0 Å². The van der Waals surface area contributed by atoms with E-state index in [1.54, 1.807) is 0 Å². The van der Waals surface area contributed by atoms with Crippen LogP contribution in [0.25, 0.3) is 0 Å². The second-order valence-corrected chi connectivity index (χ2v) is 3.34. The minimum Gasteiger partial charge on any atom is -0.478 e. The summed E-state index contributed by atoms with van der Waals surface area (Å²) in [5.41, 5.74) is 6.51. The third-order valence-electron chi connectivity index (χ3n) is 2.33. The molecule has 3 N–H and O–H groups in total. The maximum Gasteiger partial charge on any atom is 0.414 e. The number of amides is 1. The van der Waals surface area contributed by atoms with Crippen LogP contribution in [0.2, 0.25) is 0 Å². The molecule has 16 heavy (non-hydrogen) atoms. The fourth-order valence-corrected chi connectivity index (χ4v) is 1.55. The Morgan fingerprint density at radius 1 is 1.50 bits per heavy atom. The number of hydrogen-bond donors (Lipinski definition) is 2. The number of hydrogen-bond acceptors (Lipinski definition) is 4. The van der Waals surface area contributed by atoms with E-state index in [1.165, 1.54) is 23.1 Å². The number of ether oxygens (including phenoxy) is 1. The standard InChI is InChI=1S/C10H10N2O4/c11-7-5-6(9(13)14)1-2-8(7)12-3-4-16-10(12)15/h1-2,5H,3-4,11H2,(H,13,14). The Balaban J connectivity index is 2.36. The first-order chi connectivity index (χ1) is 7.59. The van der Waals surface area contributed by atoms with E-state index >= 15 is 0 Å². The number of cyclic esters (lactones) is 1. The van der Waals surface area contributed by atoms with Crippen LogP contribution in [0, 0.1) is 0 Å². The van der Waals surface area contributed by atoms with Crippen molar-refractivity contribution in [3.8, 4) is 0 Å². The van der Waals surface area contributed by atoms with Gasteiger partial charge >= 0.3 is 12.1 Å². The molecule has 1 heterocycles. The number of carboxylic acids is 1. The minimum atomic E-state index is -1.05. The molecule has 0 bridgehead atoms. The van der Waals surface area contributed by atoms with Crippen LogP contribution >= 0.6 is 0 Å². The Morgan fingerprint density at radius 2 is 2.25 bits per heavy atom. The lowest BCUT2D eigenvalue weighted by Gasteiger charge is -2.15. The number of anilines is 2. The lowest BCUT2D eigenvalue weighted by atomic mass is 10.1. The van der Waals surface area contributed by atoms with Crippen molar-refractivity contribution in [2.75, 3.05) is 23.8 Å². The van der Waals surface area contributed by atoms with Gasteiger partial charge in [-0.1, -0.05) is 0 Å². The van der Waals surface area contributed by atoms with Gasteiger partial charge in [0.2, 0.25) is 0 Å². The Labute approximate surface area is 91.2 Å². The number of carboxylic acid groups (broad SMARTS) is 1. The Morgan fingerprint density at radius 3 is 2.75 bits per heavy atom. The number of rotatable bonds is 2. The monoisotopic (exact) mass is 222 g/mol. The lowest BCUT2D eigenvalue weighted by molar-refractivity contribution is 0.0697. The molecule has 0 unspecified atom stereocenters. The molecule has 6 nitrogen and oxygen atoms in total. The van der Waals surface area contributed by atoms with Crippen LogP contribution in [0.3, 0.4) is 0 Å². The SMILES string of the molecule is Nc1cc(C(=O)O)ccc1N1CCOC1=O. The van der Waals surface area contributed by atoms with Crippen molar-refractivity contribution < 1.29 is 19.4 Å². The zero-order valence-electron chi connectivity index (χ0n) is 8.34. The van der Waals surface area contributed by atoms with Gasteiger partial charge in [-0.3, -0.25) is 4.90 Å². The average Bonchev–Trinajstić information content (AvgIpc) is 2.64. The van der Waals surface area contributed by atoms with Gasteiger partial charge in [-0.2, -0.15) is 0 Å². The van der Waals surface area contributed by atoms with E-state index in [-0.39, 0.29) is 11.3 Å². The number of benzene rings is 1. The van der Waals surface area contributed by atoms with Crippen LogP contribution in [0.4, 0.5) is 16.2 Å². The topological polar surface area (TPSA) is 92.9 Å². The number of carbonyl (C=O) groups excluding carboxylic acids is 1. The normalized spacial score (nSPS) is 15.0. The van der Waals surface area contributed by atoms with Gasteiger partial charge in [-0.05, 0) is 18.2 Å². The lowest BCUT2D eigenvalue weighted by Crippen LogP contribution is -2.24. The van der Waals surface area contributed by atoms with Crippen molar-refractivity contribution in [2.24, 2.45) is 0 Å². The van der Waals surface area contributed by atoms with Crippen molar-refractivity contribution in [3.05, 3.63) is 23.8 Å². The molecule has 0 spiro atoms. The fraction of sp³-hybridized carbons (Fsp3) is 0.200. The third-order valence-corrected chi connectivity index (χ3v) is 2.33. The van der Waals surface area contributed by atoms with Crippen LogP contribution in [0.1, 0.15) is 10.4 Å². The highest BCUT2D eigenvalue weighted by Gasteiger charge is 2.25. The highest BCUT2D eigenvalue weighted by atomic mass is 16.6. The van der Waals surface area contributed by atoms with E-state index in [2.05, 4.69) is 0 Å². The van der Waals surface area contributed by atoms with E-state index in [0.717, 1.165) is 0 Å². The Kier molecular flexibility index (Phi) is 2.40. The average molecular weight is 222 g/mol. The van der Waals surface area contributed by atoms with Gasteiger partial charge in [0.25, 0.3) is 0 Å². The maximum atomic E-state index is 11.3. The summed E-state index contributed by atoms with van der Waals surface area (Å²) in [4.78, 5) is 23.3. The van der Waals surface area contributed by atoms with Gasteiger partial charge in [0, 0.05) is 0 Å². The minimum absolute atomic E-state index is 0.0915. The van der Waals surface area contributed by atoms with Crippen molar-refractivity contribution in [2.45, 2.75) is 0 Å². The van der Waals surface area contributed by atoms with Gasteiger partial charge in [0.1, 0.15) is 6.61 Å². The van der Waals surface area contributed by atoms with E-state index in [4.69, 9.17) is 15.6 Å². The summed E-state index contributed by atoms with van der Waals surface area (Å²) in [7, 11) is 0. The summed E-state index contributed by atoms with van der Waals surface area (Å²) < 4.78 is 4.77. The summed E-state index contributed by atoms with van der Waals surface area (Å²) in [5.74, 6) is -1.05. The maximum absolute atomic E-state index is 11.3. The van der Waals surface area contributed by atoms with Gasteiger partial charge in [0.05, 0.1) is 23.5 Å². The van der Waals surface area contributed by atoms with E-state index in [0.29, 0.717) is 18.8 Å². The molecule has 6 heteroatoms. The highest BCUT2D eigenvalue weighted by molar-refractivity contribution is 5.96. The van der Waals surface area contributed by atoms with Crippen molar-refractivity contribution in [3.63, 3.8) is 0 Å². The molecule has 2 rings (SSSR count). The molecule has 1 aromatic rings. The number of aromatic carboxylic acids is 1. The van der Waals surface area contributed by atoms with Gasteiger partial charge in [-0.25, -0.2) is 9.59 Å². The number of carbonyl (C=O) groups is 2. The quantitative estimate of drug-likeness (QED) is 0.726. The summed E-state index contributed by atoms with van der Waals surface area (Å²) in [6.45, 7) is 0.744. The van der Waals surface area contributed by atoms with Gasteiger partial charge in [0.15, 0.2) is 0 Å². The first-order valence-electron chi connectivity index (χ1n) is 4.66. The summed E-state index contributed by atoms with van der Waals surface area (Å²) in [5, 5.41) is 8.76. The van der Waals surface area contributed by atoms with Crippen LogP contribution in [-0.2, 0) is 4.74 Å². The molecule has 0 aliphatic carbocycles. The van der Waals surface area contributed by atoms with E-state index in [1.807, 2.05) is 0 Å². The molecule has 1 aliphatic heterocycles. The second kappa shape index (κ2) is 3.73. The second-order valence-electron chi connectivity index (χ2n) is 3.34. The molecule has 0 aromatic heterocycles. The smallest absolute Gasteiger partial charge is 0.414 e. The van der Waals surface area contributed by atoms with Crippen LogP contribution in [-0.4, -0.2) is 30.3 Å². The Hall–Kier alpha value is -2.24. The summed E-state index contributed by atoms with van der Waals surface area (Å²) in [6.07, 6.45) is -0.463. The van der Waals surface area contributed by atoms with Crippen molar-refractivity contribution in [1.29, 1.82) is 0 Å². The van der Waals surface area contributed by atoms with Crippen LogP contribution in [0.5, 0.6) is 0 Å². The number of nitrogens with zero attached hydrogens (tertiary/aromatic N) is 1. The zero-order chi connectivity index (χ0) is 11.7. The predicted molar refractivity (Wildman–Crippen MR) is 56.5 cm³/mol. The number of nitrogens with two attached hydrogens (primary N) is 1. The molecular weight excluding hydrogens is 212 g/mol. The number of nitrogen functional groups attached to an aromatic ring is 1. The highest BCUT2D eigenvalue weighted by Crippen LogP contribution is 2.26. The largest absolute Gasteiger partial charge is 0.478 e. The molecule has 84 valence electrons. The molecule has 0 radical (unpaired) electrons. The molecule has 1 saturated heterocycles. The zero-order valence-corrected chi connectivity index (χ0v) is 8.34.